The summed E-state index contributed by atoms with van der Waals surface area (Å²) in [7, 11) is 0. The highest BCUT2D eigenvalue weighted by Gasteiger charge is 1.98. The predicted molar refractivity (Wildman–Crippen MR) is 55.1 cm³/mol. The third-order valence-electron chi connectivity index (χ3n) is 2.04. The number of rotatable bonds is 7. The first-order chi connectivity index (χ1) is 5.81. The van der Waals surface area contributed by atoms with E-state index >= 15 is 0 Å². The molecule has 0 aliphatic heterocycles. The van der Waals surface area contributed by atoms with Crippen molar-refractivity contribution in [1.82, 2.24) is 5.32 Å². The molecule has 0 saturated heterocycles. The van der Waals surface area contributed by atoms with Crippen LogP contribution >= 0.6 is 0 Å². The van der Waals surface area contributed by atoms with Crippen LogP contribution in [0.1, 0.15) is 46.0 Å². The van der Waals surface area contributed by atoms with Gasteiger partial charge in [-0.3, -0.25) is 0 Å². The molecule has 1 nitrogen and oxygen atoms in total. The maximum Gasteiger partial charge on any atom is 0.0575 e. The summed E-state index contributed by atoms with van der Waals surface area (Å²) in [5.41, 5.74) is 0. The molecule has 70 valence electrons. The number of hydrogen-bond donors (Lipinski definition) is 1. The van der Waals surface area contributed by atoms with Crippen LogP contribution in [0.4, 0.5) is 0 Å². The molecule has 1 unspecified atom stereocenters. The van der Waals surface area contributed by atoms with Gasteiger partial charge in [0.25, 0.3) is 0 Å². The maximum atomic E-state index is 5.14. The van der Waals surface area contributed by atoms with Gasteiger partial charge in [0.2, 0.25) is 0 Å². The van der Waals surface area contributed by atoms with Crippen LogP contribution in [0.5, 0.6) is 0 Å². The van der Waals surface area contributed by atoms with Crippen LogP contribution in [0.25, 0.3) is 0 Å². The van der Waals surface area contributed by atoms with Gasteiger partial charge in [-0.25, -0.2) is 0 Å². The summed E-state index contributed by atoms with van der Waals surface area (Å²) < 4.78 is 0. The highest BCUT2D eigenvalue weighted by atomic mass is 14.9. The maximum absolute atomic E-state index is 5.14. The minimum absolute atomic E-state index is 0.581. The van der Waals surface area contributed by atoms with Crippen LogP contribution in [-0.4, -0.2) is 12.6 Å². The molecule has 0 amide bonds. The molecule has 1 heteroatoms. The van der Waals surface area contributed by atoms with E-state index < -0.39 is 0 Å². The lowest BCUT2D eigenvalue weighted by Crippen LogP contribution is -2.25. The summed E-state index contributed by atoms with van der Waals surface area (Å²) in [6, 6.07) is 0.581. The molecule has 1 N–H and O–H groups in total. The van der Waals surface area contributed by atoms with Crippen molar-refractivity contribution in [2.24, 2.45) is 0 Å². The molecule has 0 heterocycles. The van der Waals surface area contributed by atoms with Gasteiger partial charge in [0.15, 0.2) is 0 Å². The Bertz CT molecular complexity index is 123. The first-order valence-electron chi connectivity index (χ1n) is 4.98. The highest BCUT2D eigenvalue weighted by Crippen LogP contribution is 2.04. The van der Waals surface area contributed by atoms with Crippen molar-refractivity contribution in [2.45, 2.75) is 52.0 Å². The summed E-state index contributed by atoms with van der Waals surface area (Å²) in [5.74, 6) is 2.59. The monoisotopic (exact) mass is 167 g/mol. The van der Waals surface area contributed by atoms with Gasteiger partial charge in [0.05, 0.1) is 6.54 Å². The Balaban J connectivity index is 3.09. The average molecular weight is 167 g/mol. The van der Waals surface area contributed by atoms with E-state index in [2.05, 4.69) is 25.1 Å². The summed E-state index contributed by atoms with van der Waals surface area (Å²) in [4.78, 5) is 0. The molecule has 0 bridgehead atoms. The van der Waals surface area contributed by atoms with Crippen molar-refractivity contribution in [1.29, 1.82) is 0 Å². The van der Waals surface area contributed by atoms with Gasteiger partial charge >= 0.3 is 0 Å². The fourth-order valence-corrected chi connectivity index (χ4v) is 1.21. The van der Waals surface area contributed by atoms with E-state index in [-0.39, 0.29) is 0 Å². The standard InChI is InChI=1S/C11H21N/c1-4-6-7-8-9-11(3)12-10-5-2/h2,11-12H,4,6-10H2,1,3H3. The van der Waals surface area contributed by atoms with Gasteiger partial charge in [-0.1, -0.05) is 38.5 Å². The molecule has 0 rings (SSSR count). The zero-order chi connectivity index (χ0) is 9.23. The molecule has 0 aliphatic carbocycles. The molecular formula is C11H21N. The van der Waals surface area contributed by atoms with Crippen molar-refractivity contribution in [3.8, 4) is 12.3 Å². The normalized spacial score (nSPS) is 12.4. The lowest BCUT2D eigenvalue weighted by atomic mass is 10.1. The first-order valence-corrected chi connectivity index (χ1v) is 4.98. The van der Waals surface area contributed by atoms with Gasteiger partial charge in [0.1, 0.15) is 0 Å². The third-order valence-corrected chi connectivity index (χ3v) is 2.04. The number of terminal acetylenes is 1. The van der Waals surface area contributed by atoms with Crippen LogP contribution in [0.3, 0.4) is 0 Å². The van der Waals surface area contributed by atoms with Crippen molar-refractivity contribution >= 4 is 0 Å². The van der Waals surface area contributed by atoms with Crippen LogP contribution in [0.2, 0.25) is 0 Å². The highest BCUT2D eigenvalue weighted by molar-refractivity contribution is 4.87. The number of nitrogens with one attached hydrogen (secondary N) is 1. The lowest BCUT2D eigenvalue weighted by molar-refractivity contribution is 0.505. The fourth-order valence-electron chi connectivity index (χ4n) is 1.21. The van der Waals surface area contributed by atoms with E-state index in [0.717, 1.165) is 0 Å². The molecule has 12 heavy (non-hydrogen) atoms. The van der Waals surface area contributed by atoms with Crippen molar-refractivity contribution in [3.05, 3.63) is 0 Å². The molecule has 0 saturated carbocycles. The molecule has 0 spiro atoms. The summed E-state index contributed by atoms with van der Waals surface area (Å²) >= 11 is 0. The number of unbranched alkanes of at least 4 members (excludes halogenated alkanes) is 3. The Hall–Kier alpha value is -0.480. The summed E-state index contributed by atoms with van der Waals surface area (Å²) in [6.45, 7) is 5.14. The molecule has 1 atom stereocenters. The fraction of sp³-hybridized carbons (Fsp3) is 0.818. The van der Waals surface area contributed by atoms with E-state index in [1.54, 1.807) is 0 Å². The largest absolute Gasteiger partial charge is 0.304 e. The topological polar surface area (TPSA) is 12.0 Å². The van der Waals surface area contributed by atoms with Crippen molar-refractivity contribution in [3.63, 3.8) is 0 Å². The molecule has 0 fully saturated rings. The van der Waals surface area contributed by atoms with E-state index in [9.17, 15) is 0 Å². The lowest BCUT2D eigenvalue weighted by Gasteiger charge is -2.10. The molecule has 0 radical (unpaired) electrons. The second kappa shape index (κ2) is 8.62. The average Bonchev–Trinajstić information content (AvgIpc) is 2.09. The van der Waals surface area contributed by atoms with E-state index in [1.165, 1.54) is 32.1 Å². The van der Waals surface area contributed by atoms with Gasteiger partial charge in [0, 0.05) is 6.04 Å². The van der Waals surface area contributed by atoms with Crippen LogP contribution in [0, 0.1) is 12.3 Å². The Morgan fingerprint density at radius 2 is 2.08 bits per heavy atom. The first kappa shape index (κ1) is 11.5. The Kier molecular flexibility index (Phi) is 8.27. The predicted octanol–water partition coefficient (Wildman–Crippen LogP) is 2.57. The smallest absolute Gasteiger partial charge is 0.0575 e. The van der Waals surface area contributed by atoms with Gasteiger partial charge < -0.3 is 5.32 Å². The minimum Gasteiger partial charge on any atom is -0.304 e. The quantitative estimate of drug-likeness (QED) is 0.454. The molecule has 0 aliphatic rings. The van der Waals surface area contributed by atoms with Crippen molar-refractivity contribution < 1.29 is 0 Å². The van der Waals surface area contributed by atoms with Crippen LogP contribution < -0.4 is 5.32 Å². The van der Waals surface area contributed by atoms with Crippen LogP contribution in [0.15, 0.2) is 0 Å². The Morgan fingerprint density at radius 3 is 2.67 bits per heavy atom. The third kappa shape index (κ3) is 7.63. The zero-order valence-corrected chi connectivity index (χ0v) is 8.40. The van der Waals surface area contributed by atoms with E-state index in [4.69, 9.17) is 6.42 Å². The second-order valence-corrected chi connectivity index (χ2v) is 3.34. The molecule has 0 aromatic carbocycles. The zero-order valence-electron chi connectivity index (χ0n) is 8.40. The van der Waals surface area contributed by atoms with E-state index in [1.807, 2.05) is 0 Å². The van der Waals surface area contributed by atoms with Crippen LogP contribution in [-0.2, 0) is 0 Å². The minimum atomic E-state index is 0.581. The number of hydrogen-bond acceptors (Lipinski definition) is 1. The summed E-state index contributed by atoms with van der Waals surface area (Å²) in [6.07, 6.45) is 11.8. The van der Waals surface area contributed by atoms with Gasteiger partial charge in [-0.2, -0.15) is 0 Å². The SMILES string of the molecule is C#CCNC(C)CCCCCC. The molecule has 0 aromatic heterocycles. The Labute approximate surface area is 76.9 Å². The molecular weight excluding hydrogens is 146 g/mol. The van der Waals surface area contributed by atoms with Gasteiger partial charge in [-0.15, -0.1) is 6.42 Å². The van der Waals surface area contributed by atoms with Gasteiger partial charge in [-0.05, 0) is 13.3 Å². The summed E-state index contributed by atoms with van der Waals surface area (Å²) in [5, 5.41) is 3.27. The van der Waals surface area contributed by atoms with E-state index in [0.29, 0.717) is 12.6 Å². The molecule has 0 aromatic rings. The Morgan fingerprint density at radius 1 is 1.33 bits per heavy atom. The van der Waals surface area contributed by atoms with Crippen molar-refractivity contribution in [2.75, 3.05) is 6.54 Å². The second-order valence-electron chi connectivity index (χ2n) is 3.34.